The maximum atomic E-state index is 12.5. The lowest BCUT2D eigenvalue weighted by Crippen LogP contribution is -2.40. The maximum absolute atomic E-state index is 12.5. The molecule has 1 aliphatic rings. The molecule has 1 saturated heterocycles. The molecule has 0 radical (unpaired) electrons. The summed E-state index contributed by atoms with van der Waals surface area (Å²) in [5, 5.41) is 9.10. The molecule has 5 nitrogen and oxygen atoms in total. The van der Waals surface area contributed by atoms with E-state index >= 15 is 0 Å². The molecule has 0 saturated carbocycles. The summed E-state index contributed by atoms with van der Waals surface area (Å²) >= 11 is 0. The van der Waals surface area contributed by atoms with E-state index in [-0.39, 0.29) is 11.5 Å². The Kier molecular flexibility index (Phi) is 4.39. The van der Waals surface area contributed by atoms with Crippen LogP contribution in [0.25, 0.3) is 11.1 Å². The van der Waals surface area contributed by atoms with Crippen LogP contribution in [0.4, 0.5) is 0 Å². The monoisotopic (exact) mass is 311 g/mol. The Labute approximate surface area is 134 Å². The van der Waals surface area contributed by atoms with Gasteiger partial charge >= 0.3 is 5.97 Å². The first-order chi connectivity index (χ1) is 11.1. The number of rotatable bonds is 3. The molecule has 1 aliphatic heterocycles. The minimum absolute atomic E-state index is 0.0236. The van der Waals surface area contributed by atoms with E-state index in [1.165, 1.54) is 0 Å². The van der Waals surface area contributed by atoms with Crippen molar-refractivity contribution in [1.29, 1.82) is 0 Å². The van der Waals surface area contributed by atoms with Crippen LogP contribution < -0.4 is 0 Å². The molecular weight excluding hydrogens is 294 g/mol. The number of carboxylic acids is 1. The first-order valence-electron chi connectivity index (χ1n) is 7.46. The number of carbonyl (C=O) groups is 2. The molecule has 1 amide bonds. The van der Waals surface area contributed by atoms with Crippen LogP contribution in [0.1, 0.15) is 20.7 Å². The maximum Gasteiger partial charge on any atom is 0.335 e. The van der Waals surface area contributed by atoms with Crippen molar-refractivity contribution in [1.82, 2.24) is 4.90 Å². The number of carboxylic acid groups (broad SMARTS) is 1. The molecule has 0 spiro atoms. The zero-order chi connectivity index (χ0) is 16.2. The number of aromatic carboxylic acids is 1. The highest BCUT2D eigenvalue weighted by Crippen LogP contribution is 2.22. The van der Waals surface area contributed by atoms with Gasteiger partial charge in [-0.05, 0) is 35.4 Å². The van der Waals surface area contributed by atoms with Crippen molar-refractivity contribution >= 4 is 11.9 Å². The number of morpholine rings is 1. The molecule has 1 N–H and O–H groups in total. The lowest BCUT2D eigenvalue weighted by Gasteiger charge is -2.27. The largest absolute Gasteiger partial charge is 0.478 e. The average Bonchev–Trinajstić information content (AvgIpc) is 2.62. The van der Waals surface area contributed by atoms with Crippen molar-refractivity contribution in [2.24, 2.45) is 0 Å². The second kappa shape index (κ2) is 6.62. The second-order valence-electron chi connectivity index (χ2n) is 5.37. The first kappa shape index (κ1) is 15.2. The Balaban J connectivity index is 1.89. The molecule has 118 valence electrons. The summed E-state index contributed by atoms with van der Waals surface area (Å²) in [6.45, 7) is 2.31. The molecule has 2 aromatic rings. The van der Waals surface area contributed by atoms with Gasteiger partial charge in [-0.3, -0.25) is 4.79 Å². The van der Waals surface area contributed by atoms with Crippen molar-refractivity contribution in [2.75, 3.05) is 26.3 Å². The van der Waals surface area contributed by atoms with E-state index in [2.05, 4.69) is 0 Å². The number of benzene rings is 2. The van der Waals surface area contributed by atoms with Crippen LogP contribution in [-0.4, -0.2) is 48.2 Å². The summed E-state index contributed by atoms with van der Waals surface area (Å²) < 4.78 is 5.26. The number of hydrogen-bond acceptors (Lipinski definition) is 3. The van der Waals surface area contributed by atoms with Gasteiger partial charge in [0, 0.05) is 18.7 Å². The minimum Gasteiger partial charge on any atom is -0.478 e. The van der Waals surface area contributed by atoms with Gasteiger partial charge in [0.05, 0.1) is 18.8 Å². The zero-order valence-corrected chi connectivity index (χ0v) is 12.6. The van der Waals surface area contributed by atoms with Crippen molar-refractivity contribution in [3.63, 3.8) is 0 Å². The van der Waals surface area contributed by atoms with Gasteiger partial charge in [0.15, 0.2) is 0 Å². The summed E-state index contributed by atoms with van der Waals surface area (Å²) in [4.78, 5) is 25.4. The van der Waals surface area contributed by atoms with Gasteiger partial charge in [0.2, 0.25) is 0 Å². The number of hydrogen-bond donors (Lipinski definition) is 1. The van der Waals surface area contributed by atoms with Crippen LogP contribution in [0.15, 0.2) is 48.5 Å². The van der Waals surface area contributed by atoms with Gasteiger partial charge in [0.25, 0.3) is 5.91 Å². The summed E-state index contributed by atoms with van der Waals surface area (Å²) in [7, 11) is 0. The van der Waals surface area contributed by atoms with E-state index in [1.807, 2.05) is 18.2 Å². The molecule has 1 fully saturated rings. The molecule has 1 heterocycles. The van der Waals surface area contributed by atoms with Crippen molar-refractivity contribution in [3.8, 4) is 11.1 Å². The molecule has 3 rings (SSSR count). The van der Waals surface area contributed by atoms with E-state index < -0.39 is 5.97 Å². The molecule has 0 aromatic heterocycles. The lowest BCUT2D eigenvalue weighted by molar-refractivity contribution is 0.0303. The summed E-state index contributed by atoms with van der Waals surface area (Å²) in [5.41, 5.74) is 2.44. The van der Waals surface area contributed by atoms with Gasteiger partial charge in [-0.2, -0.15) is 0 Å². The average molecular weight is 311 g/mol. The van der Waals surface area contributed by atoms with Crippen LogP contribution in [0.5, 0.6) is 0 Å². The van der Waals surface area contributed by atoms with Crippen molar-refractivity contribution in [3.05, 3.63) is 59.7 Å². The molecule has 23 heavy (non-hydrogen) atoms. The molecule has 5 heteroatoms. The van der Waals surface area contributed by atoms with Gasteiger partial charge in [-0.15, -0.1) is 0 Å². The number of ether oxygens (including phenoxy) is 1. The Morgan fingerprint density at radius 2 is 1.48 bits per heavy atom. The van der Waals surface area contributed by atoms with Crippen molar-refractivity contribution in [2.45, 2.75) is 0 Å². The van der Waals surface area contributed by atoms with Gasteiger partial charge in [-0.25, -0.2) is 4.79 Å². The summed E-state index contributed by atoms with van der Waals surface area (Å²) in [5.74, 6) is -0.989. The fraction of sp³-hybridized carbons (Fsp3) is 0.222. The summed E-state index contributed by atoms with van der Waals surface area (Å²) in [6.07, 6.45) is 0. The Bertz CT molecular complexity index is 735. The molecule has 2 aromatic carbocycles. The zero-order valence-electron chi connectivity index (χ0n) is 12.6. The number of nitrogens with zero attached hydrogens (tertiary/aromatic N) is 1. The Morgan fingerprint density at radius 1 is 0.913 bits per heavy atom. The molecule has 0 unspecified atom stereocenters. The highest BCUT2D eigenvalue weighted by atomic mass is 16.5. The molecule has 0 aliphatic carbocycles. The normalized spacial score (nSPS) is 14.5. The lowest BCUT2D eigenvalue weighted by atomic mass is 10.0. The van der Waals surface area contributed by atoms with E-state index in [1.54, 1.807) is 35.2 Å². The fourth-order valence-electron chi connectivity index (χ4n) is 2.61. The fourth-order valence-corrected chi connectivity index (χ4v) is 2.61. The van der Waals surface area contributed by atoms with Crippen LogP contribution in [0.3, 0.4) is 0 Å². The topological polar surface area (TPSA) is 66.8 Å². The van der Waals surface area contributed by atoms with Crippen LogP contribution in [0.2, 0.25) is 0 Å². The standard InChI is InChI=1S/C18H17NO4/c20-17(19-7-9-23-10-8-19)15-5-1-3-13(11-15)14-4-2-6-16(12-14)18(21)22/h1-6,11-12H,7-10H2,(H,21,22). The van der Waals surface area contributed by atoms with E-state index in [0.29, 0.717) is 31.9 Å². The van der Waals surface area contributed by atoms with E-state index in [4.69, 9.17) is 9.84 Å². The number of carbonyl (C=O) groups excluding carboxylic acids is 1. The van der Waals surface area contributed by atoms with Crippen molar-refractivity contribution < 1.29 is 19.4 Å². The molecular formula is C18H17NO4. The van der Waals surface area contributed by atoms with E-state index in [9.17, 15) is 9.59 Å². The van der Waals surface area contributed by atoms with E-state index in [0.717, 1.165) is 11.1 Å². The third kappa shape index (κ3) is 3.40. The smallest absolute Gasteiger partial charge is 0.335 e. The third-order valence-corrected chi connectivity index (χ3v) is 3.85. The van der Waals surface area contributed by atoms with Crippen LogP contribution >= 0.6 is 0 Å². The highest BCUT2D eigenvalue weighted by molar-refractivity contribution is 5.96. The SMILES string of the molecule is O=C(O)c1cccc(-c2cccc(C(=O)N3CCOCC3)c2)c1. The van der Waals surface area contributed by atoms with Gasteiger partial charge in [0.1, 0.15) is 0 Å². The first-order valence-corrected chi connectivity index (χ1v) is 7.46. The minimum atomic E-state index is -0.965. The second-order valence-corrected chi connectivity index (χ2v) is 5.37. The highest BCUT2D eigenvalue weighted by Gasteiger charge is 2.18. The Hall–Kier alpha value is -2.66. The quantitative estimate of drug-likeness (QED) is 0.946. The predicted molar refractivity (Wildman–Crippen MR) is 85.6 cm³/mol. The molecule has 0 bridgehead atoms. The van der Waals surface area contributed by atoms with Crippen LogP contribution in [0, 0.1) is 0 Å². The summed E-state index contributed by atoms with van der Waals surface area (Å²) in [6, 6.07) is 14.0. The number of amides is 1. The predicted octanol–water partition coefficient (Wildman–Crippen LogP) is 2.52. The van der Waals surface area contributed by atoms with Gasteiger partial charge < -0.3 is 14.7 Å². The van der Waals surface area contributed by atoms with Crippen LogP contribution in [-0.2, 0) is 4.74 Å². The Morgan fingerprint density at radius 3 is 2.09 bits per heavy atom. The molecule has 0 atom stereocenters. The van der Waals surface area contributed by atoms with Gasteiger partial charge in [-0.1, -0.05) is 24.3 Å². The third-order valence-electron chi connectivity index (χ3n) is 3.85.